The normalized spacial score (nSPS) is 9.73. The maximum atomic E-state index is 5.53. The average Bonchev–Trinajstić information content (AvgIpc) is 2.25. The first-order valence-electron chi connectivity index (χ1n) is 5.05. The summed E-state index contributed by atoms with van der Waals surface area (Å²) < 4.78 is 0. The van der Waals surface area contributed by atoms with E-state index < -0.39 is 0 Å². The first-order valence-corrected chi connectivity index (χ1v) is 5.05. The lowest BCUT2D eigenvalue weighted by Crippen LogP contribution is -2.23. The minimum atomic E-state index is 0.594. The SMILES string of the molecule is C=CN(CCN)C(=C)c1ccccc1C. The number of hydrogen-bond acceptors (Lipinski definition) is 2. The van der Waals surface area contributed by atoms with Crippen LogP contribution < -0.4 is 5.73 Å². The second-order valence-electron chi connectivity index (χ2n) is 3.43. The molecule has 0 spiro atoms. The largest absolute Gasteiger partial charge is 0.347 e. The van der Waals surface area contributed by atoms with Crippen LogP contribution in [0.2, 0.25) is 0 Å². The molecule has 1 aromatic rings. The maximum Gasteiger partial charge on any atom is 0.0409 e. The topological polar surface area (TPSA) is 29.3 Å². The zero-order chi connectivity index (χ0) is 11.3. The summed E-state index contributed by atoms with van der Waals surface area (Å²) in [7, 11) is 0. The minimum absolute atomic E-state index is 0.594. The average molecular weight is 202 g/mol. The fourth-order valence-corrected chi connectivity index (χ4v) is 1.53. The van der Waals surface area contributed by atoms with E-state index in [2.05, 4.69) is 32.2 Å². The Kier molecular flexibility index (Phi) is 4.13. The minimum Gasteiger partial charge on any atom is -0.347 e. The molecule has 0 bridgehead atoms. The summed E-state index contributed by atoms with van der Waals surface area (Å²) in [5.41, 5.74) is 8.84. The lowest BCUT2D eigenvalue weighted by Gasteiger charge is -2.22. The van der Waals surface area contributed by atoms with Crippen LogP contribution >= 0.6 is 0 Å². The molecule has 0 aromatic heterocycles. The van der Waals surface area contributed by atoms with E-state index in [4.69, 9.17) is 5.73 Å². The van der Waals surface area contributed by atoms with Crippen LogP contribution in [0.15, 0.2) is 43.6 Å². The Balaban J connectivity index is 2.92. The molecule has 0 fully saturated rings. The molecule has 0 radical (unpaired) electrons. The second kappa shape index (κ2) is 5.37. The molecule has 0 saturated carbocycles. The van der Waals surface area contributed by atoms with Gasteiger partial charge >= 0.3 is 0 Å². The van der Waals surface area contributed by atoms with Crippen molar-refractivity contribution in [1.82, 2.24) is 4.90 Å². The van der Waals surface area contributed by atoms with Gasteiger partial charge in [0.25, 0.3) is 0 Å². The number of hydrogen-bond donors (Lipinski definition) is 1. The van der Waals surface area contributed by atoms with Gasteiger partial charge in [-0.1, -0.05) is 37.4 Å². The molecule has 15 heavy (non-hydrogen) atoms. The quantitative estimate of drug-likeness (QED) is 0.794. The number of rotatable bonds is 5. The summed E-state index contributed by atoms with van der Waals surface area (Å²) in [4.78, 5) is 1.97. The first kappa shape index (κ1) is 11.5. The number of nitrogens with two attached hydrogens (primary N) is 1. The second-order valence-corrected chi connectivity index (χ2v) is 3.43. The molecule has 1 aromatic carbocycles. The Bertz CT molecular complexity index is 355. The maximum absolute atomic E-state index is 5.53. The van der Waals surface area contributed by atoms with E-state index in [9.17, 15) is 0 Å². The monoisotopic (exact) mass is 202 g/mol. The van der Waals surface area contributed by atoms with Crippen LogP contribution in [0.1, 0.15) is 11.1 Å². The Labute approximate surface area is 91.7 Å². The fourth-order valence-electron chi connectivity index (χ4n) is 1.53. The number of nitrogens with zero attached hydrogens (tertiary/aromatic N) is 1. The van der Waals surface area contributed by atoms with Crippen molar-refractivity contribution in [2.24, 2.45) is 5.73 Å². The van der Waals surface area contributed by atoms with Crippen LogP contribution in [-0.4, -0.2) is 18.0 Å². The van der Waals surface area contributed by atoms with E-state index in [0.717, 1.165) is 17.8 Å². The van der Waals surface area contributed by atoms with Crippen LogP contribution in [0.25, 0.3) is 5.70 Å². The van der Waals surface area contributed by atoms with Crippen molar-refractivity contribution in [3.05, 3.63) is 54.8 Å². The summed E-state index contributed by atoms with van der Waals surface area (Å²) >= 11 is 0. The molecule has 0 aliphatic rings. The summed E-state index contributed by atoms with van der Waals surface area (Å²) in [5.74, 6) is 0. The van der Waals surface area contributed by atoms with E-state index in [-0.39, 0.29) is 0 Å². The molecule has 0 aliphatic carbocycles. The molecule has 0 aliphatic heterocycles. The summed E-state index contributed by atoms with van der Waals surface area (Å²) in [5, 5.41) is 0. The molecule has 1 rings (SSSR count). The predicted octanol–water partition coefficient (Wildman–Crippen LogP) is 2.37. The molecule has 0 heterocycles. The van der Waals surface area contributed by atoms with E-state index in [1.165, 1.54) is 5.56 Å². The van der Waals surface area contributed by atoms with Gasteiger partial charge in [0, 0.05) is 24.4 Å². The van der Waals surface area contributed by atoms with Gasteiger partial charge in [0.2, 0.25) is 0 Å². The molecule has 0 saturated heterocycles. The highest BCUT2D eigenvalue weighted by Crippen LogP contribution is 2.20. The van der Waals surface area contributed by atoms with E-state index in [1.54, 1.807) is 6.20 Å². The van der Waals surface area contributed by atoms with Gasteiger partial charge in [-0.15, -0.1) is 0 Å². The molecule has 0 amide bonds. The molecule has 0 unspecified atom stereocenters. The molecule has 2 heteroatoms. The van der Waals surface area contributed by atoms with Crippen molar-refractivity contribution >= 4 is 5.70 Å². The van der Waals surface area contributed by atoms with Crippen LogP contribution in [-0.2, 0) is 0 Å². The van der Waals surface area contributed by atoms with E-state index in [1.807, 2.05) is 17.0 Å². The fraction of sp³-hybridized carbons (Fsp3) is 0.231. The van der Waals surface area contributed by atoms with Crippen LogP contribution in [0.5, 0.6) is 0 Å². The zero-order valence-electron chi connectivity index (χ0n) is 9.24. The first-order chi connectivity index (χ1) is 7.20. The Morgan fingerprint density at radius 3 is 2.67 bits per heavy atom. The van der Waals surface area contributed by atoms with Gasteiger partial charge in [-0.25, -0.2) is 0 Å². The molecule has 0 atom stereocenters. The van der Waals surface area contributed by atoms with Crippen LogP contribution in [0, 0.1) is 6.92 Å². The van der Waals surface area contributed by atoms with Crippen molar-refractivity contribution in [3.63, 3.8) is 0 Å². The Morgan fingerprint density at radius 1 is 1.47 bits per heavy atom. The summed E-state index contributed by atoms with van der Waals surface area (Å²) in [6.45, 7) is 11.3. The third kappa shape index (κ3) is 2.70. The van der Waals surface area contributed by atoms with Crippen molar-refractivity contribution in [1.29, 1.82) is 0 Å². The summed E-state index contributed by atoms with van der Waals surface area (Å²) in [6.07, 6.45) is 1.77. The molecular formula is C13H18N2. The number of aryl methyl sites for hydroxylation is 1. The van der Waals surface area contributed by atoms with Gasteiger partial charge in [0.1, 0.15) is 0 Å². The standard InChI is InChI=1S/C13H18N2/c1-4-15(10-9-14)12(3)13-8-6-5-7-11(13)2/h4-8H,1,3,9-10,14H2,2H3. The molecule has 2 nitrogen and oxygen atoms in total. The zero-order valence-corrected chi connectivity index (χ0v) is 9.24. The van der Waals surface area contributed by atoms with Crippen LogP contribution in [0.3, 0.4) is 0 Å². The van der Waals surface area contributed by atoms with Crippen molar-refractivity contribution in [3.8, 4) is 0 Å². The highest BCUT2D eigenvalue weighted by molar-refractivity contribution is 5.65. The smallest absolute Gasteiger partial charge is 0.0409 e. The van der Waals surface area contributed by atoms with Crippen molar-refractivity contribution in [2.45, 2.75) is 6.92 Å². The van der Waals surface area contributed by atoms with Crippen LogP contribution in [0.4, 0.5) is 0 Å². The van der Waals surface area contributed by atoms with E-state index >= 15 is 0 Å². The highest BCUT2D eigenvalue weighted by atomic mass is 15.1. The van der Waals surface area contributed by atoms with E-state index in [0.29, 0.717) is 6.54 Å². The molecule has 2 N–H and O–H groups in total. The Hall–Kier alpha value is -1.54. The lowest BCUT2D eigenvalue weighted by molar-refractivity contribution is 0.543. The third-order valence-electron chi connectivity index (χ3n) is 2.39. The van der Waals surface area contributed by atoms with Gasteiger partial charge in [0.05, 0.1) is 0 Å². The van der Waals surface area contributed by atoms with Gasteiger partial charge in [0.15, 0.2) is 0 Å². The predicted molar refractivity (Wildman–Crippen MR) is 66.2 cm³/mol. The number of benzene rings is 1. The van der Waals surface area contributed by atoms with Gasteiger partial charge in [-0.2, -0.15) is 0 Å². The third-order valence-corrected chi connectivity index (χ3v) is 2.39. The molecular weight excluding hydrogens is 184 g/mol. The Morgan fingerprint density at radius 2 is 2.13 bits per heavy atom. The van der Waals surface area contributed by atoms with Gasteiger partial charge in [-0.3, -0.25) is 0 Å². The molecule has 80 valence electrons. The lowest BCUT2D eigenvalue weighted by atomic mass is 10.1. The van der Waals surface area contributed by atoms with Crippen molar-refractivity contribution < 1.29 is 0 Å². The van der Waals surface area contributed by atoms with Crippen molar-refractivity contribution in [2.75, 3.05) is 13.1 Å². The summed E-state index contributed by atoms with van der Waals surface area (Å²) in [6, 6.07) is 8.17. The van der Waals surface area contributed by atoms with Gasteiger partial charge < -0.3 is 10.6 Å². The highest BCUT2D eigenvalue weighted by Gasteiger charge is 2.07. The van der Waals surface area contributed by atoms with Gasteiger partial charge in [-0.05, 0) is 18.7 Å².